The molecule has 6 nitrogen and oxygen atoms in total. The van der Waals surface area contributed by atoms with Gasteiger partial charge in [0.25, 0.3) is 0 Å². The number of benzene rings is 2. The highest BCUT2D eigenvalue weighted by Crippen LogP contribution is 2.24. The topological polar surface area (TPSA) is 92.0 Å². The number of ether oxygens (including phenoxy) is 1. The molecule has 2 aromatic heterocycles. The summed E-state index contributed by atoms with van der Waals surface area (Å²) in [6, 6.07) is 15.6. The molecular weight excluding hydrogens is 356 g/mol. The Morgan fingerprint density at radius 3 is 2.25 bits per heavy atom. The minimum Gasteiger partial charge on any atom is -0.450 e. The summed E-state index contributed by atoms with van der Waals surface area (Å²) >= 11 is 0. The number of carbonyl (C=O) groups excluding carboxylic acids is 2. The molecule has 0 bridgehead atoms. The van der Waals surface area contributed by atoms with Crippen molar-refractivity contribution >= 4 is 33.6 Å². The lowest BCUT2D eigenvalue weighted by Gasteiger charge is -2.13. The van der Waals surface area contributed by atoms with Gasteiger partial charge >= 0.3 is 5.97 Å². The normalized spacial score (nSPS) is 12.2. The van der Waals surface area contributed by atoms with Crippen molar-refractivity contribution in [2.45, 2.75) is 20.0 Å². The van der Waals surface area contributed by atoms with Crippen molar-refractivity contribution in [2.75, 3.05) is 0 Å². The maximum atomic E-state index is 12.9. The van der Waals surface area contributed by atoms with E-state index in [1.165, 1.54) is 13.0 Å². The Morgan fingerprint density at radius 1 is 0.929 bits per heavy atom. The summed E-state index contributed by atoms with van der Waals surface area (Å²) in [5.74, 6) is -1.05. The van der Waals surface area contributed by atoms with Crippen LogP contribution in [-0.2, 0) is 4.74 Å². The number of para-hydroxylation sites is 2. The molecule has 0 radical (unpaired) electrons. The highest BCUT2D eigenvalue weighted by atomic mass is 16.5. The zero-order valence-electron chi connectivity index (χ0n) is 15.4. The van der Waals surface area contributed by atoms with Gasteiger partial charge in [0, 0.05) is 39.1 Å². The zero-order valence-corrected chi connectivity index (χ0v) is 15.4. The molecule has 2 aromatic carbocycles. The Kier molecular flexibility index (Phi) is 4.31. The first-order valence-corrected chi connectivity index (χ1v) is 8.90. The monoisotopic (exact) mass is 374 g/mol. The van der Waals surface area contributed by atoms with E-state index in [-0.39, 0.29) is 16.9 Å². The maximum Gasteiger partial charge on any atom is 0.355 e. The van der Waals surface area contributed by atoms with Crippen LogP contribution in [0.2, 0.25) is 0 Å². The van der Waals surface area contributed by atoms with Crippen LogP contribution in [-0.4, -0.2) is 27.8 Å². The second-order valence-corrected chi connectivity index (χ2v) is 6.68. The summed E-state index contributed by atoms with van der Waals surface area (Å²) in [5.41, 5.74) is 2.33. The molecule has 6 heteroatoms. The lowest BCUT2D eigenvalue weighted by atomic mass is 10.0. The van der Waals surface area contributed by atoms with Gasteiger partial charge < -0.3 is 14.7 Å². The third kappa shape index (κ3) is 2.99. The zero-order chi connectivity index (χ0) is 19.8. The van der Waals surface area contributed by atoms with E-state index in [4.69, 9.17) is 4.74 Å². The number of ketones is 1. The van der Waals surface area contributed by atoms with E-state index in [1.807, 2.05) is 31.2 Å². The number of fused-ring (bicyclic) bond motifs is 2. The van der Waals surface area contributed by atoms with Crippen molar-refractivity contribution in [3.05, 3.63) is 81.8 Å². The molecule has 4 aromatic rings. The van der Waals surface area contributed by atoms with Crippen LogP contribution in [0.4, 0.5) is 0 Å². The molecule has 28 heavy (non-hydrogen) atoms. The molecule has 0 aliphatic carbocycles. The van der Waals surface area contributed by atoms with E-state index in [0.29, 0.717) is 22.2 Å². The number of H-pyrrole nitrogens is 2. The van der Waals surface area contributed by atoms with Gasteiger partial charge in [0.1, 0.15) is 5.69 Å². The van der Waals surface area contributed by atoms with Gasteiger partial charge in [-0.3, -0.25) is 9.59 Å². The third-order valence-electron chi connectivity index (χ3n) is 4.75. The fourth-order valence-corrected chi connectivity index (χ4v) is 3.38. The Morgan fingerprint density at radius 2 is 1.54 bits per heavy atom. The molecule has 0 saturated heterocycles. The number of aromatic amines is 2. The highest BCUT2D eigenvalue weighted by molar-refractivity contribution is 6.11. The summed E-state index contributed by atoms with van der Waals surface area (Å²) in [5, 5.41) is 1.27. The van der Waals surface area contributed by atoms with Gasteiger partial charge in [-0.1, -0.05) is 30.3 Å². The molecule has 0 fully saturated rings. The number of esters is 1. The lowest BCUT2D eigenvalue weighted by Crippen LogP contribution is -2.26. The number of nitrogens with one attached hydrogen (secondary N) is 2. The summed E-state index contributed by atoms with van der Waals surface area (Å²) in [6.45, 7) is 3.34. The maximum absolute atomic E-state index is 12.9. The fourth-order valence-electron chi connectivity index (χ4n) is 3.38. The summed E-state index contributed by atoms with van der Waals surface area (Å²) in [4.78, 5) is 43.7. The standard InChI is InChI=1S/C22H18N2O4/c1-12-20(15-8-4-6-10-17(15)23-12)21(26)13(2)28-22(27)18-11-19(25)14-7-3-5-9-16(14)24-18/h3-11,13,23H,1-2H3,(H,24,25)/t13-/m1/s1. The first kappa shape index (κ1) is 17.7. The number of carbonyl (C=O) groups is 2. The van der Waals surface area contributed by atoms with Gasteiger partial charge in [0.2, 0.25) is 5.78 Å². The summed E-state index contributed by atoms with van der Waals surface area (Å²) in [7, 11) is 0. The van der Waals surface area contributed by atoms with E-state index >= 15 is 0 Å². The molecule has 1 atom stereocenters. The van der Waals surface area contributed by atoms with Crippen LogP contribution in [0.25, 0.3) is 21.8 Å². The van der Waals surface area contributed by atoms with E-state index in [0.717, 1.165) is 10.9 Å². The molecule has 0 spiro atoms. The van der Waals surface area contributed by atoms with Crippen LogP contribution in [0.15, 0.2) is 59.4 Å². The lowest BCUT2D eigenvalue weighted by molar-refractivity contribution is 0.0313. The van der Waals surface area contributed by atoms with Gasteiger partial charge in [-0.2, -0.15) is 0 Å². The van der Waals surface area contributed by atoms with E-state index in [9.17, 15) is 14.4 Å². The van der Waals surface area contributed by atoms with Crippen molar-refractivity contribution in [1.82, 2.24) is 9.97 Å². The SMILES string of the molecule is Cc1[nH]c2ccccc2c1C(=O)[C@@H](C)OC(=O)c1cc(=O)c2ccccc2[nH]1. The predicted molar refractivity (Wildman–Crippen MR) is 107 cm³/mol. The van der Waals surface area contributed by atoms with Crippen LogP contribution < -0.4 is 5.43 Å². The number of pyridine rings is 1. The van der Waals surface area contributed by atoms with Crippen molar-refractivity contribution in [1.29, 1.82) is 0 Å². The van der Waals surface area contributed by atoms with Crippen LogP contribution in [0.3, 0.4) is 0 Å². The number of hydrogen-bond donors (Lipinski definition) is 2. The van der Waals surface area contributed by atoms with E-state index < -0.39 is 12.1 Å². The first-order chi connectivity index (χ1) is 13.5. The largest absolute Gasteiger partial charge is 0.450 e. The van der Waals surface area contributed by atoms with Crippen molar-refractivity contribution in [3.63, 3.8) is 0 Å². The van der Waals surface area contributed by atoms with Crippen LogP contribution in [0, 0.1) is 6.92 Å². The van der Waals surface area contributed by atoms with Crippen LogP contribution >= 0.6 is 0 Å². The Hall–Kier alpha value is -3.67. The number of hydrogen-bond acceptors (Lipinski definition) is 4. The molecule has 0 saturated carbocycles. The molecule has 2 heterocycles. The minimum atomic E-state index is -1.000. The Labute approximate surface area is 160 Å². The third-order valence-corrected chi connectivity index (χ3v) is 4.75. The molecule has 0 unspecified atom stereocenters. The number of aryl methyl sites for hydroxylation is 1. The van der Waals surface area contributed by atoms with E-state index in [1.54, 1.807) is 24.3 Å². The van der Waals surface area contributed by atoms with Crippen LogP contribution in [0.5, 0.6) is 0 Å². The molecule has 0 aliphatic heterocycles. The summed E-state index contributed by atoms with van der Waals surface area (Å²) < 4.78 is 5.36. The van der Waals surface area contributed by atoms with Gasteiger partial charge in [0.15, 0.2) is 11.5 Å². The van der Waals surface area contributed by atoms with Crippen molar-refractivity contribution in [2.24, 2.45) is 0 Å². The number of Topliss-reactive ketones (excluding diaryl/α,β-unsaturated/α-hetero) is 1. The number of rotatable bonds is 4. The highest BCUT2D eigenvalue weighted by Gasteiger charge is 2.25. The van der Waals surface area contributed by atoms with Crippen LogP contribution in [0.1, 0.15) is 33.5 Å². The van der Waals surface area contributed by atoms with Gasteiger partial charge in [-0.05, 0) is 32.0 Å². The molecule has 0 aliphatic rings. The smallest absolute Gasteiger partial charge is 0.355 e. The summed E-state index contributed by atoms with van der Waals surface area (Å²) in [6.07, 6.45) is -1.000. The molecule has 2 N–H and O–H groups in total. The predicted octanol–water partition coefficient (Wildman–Crippen LogP) is 3.75. The Balaban J connectivity index is 1.62. The first-order valence-electron chi connectivity index (χ1n) is 8.90. The van der Waals surface area contributed by atoms with E-state index in [2.05, 4.69) is 9.97 Å². The second kappa shape index (κ2) is 6.81. The van der Waals surface area contributed by atoms with Gasteiger partial charge in [0.05, 0.1) is 0 Å². The fraction of sp³-hybridized carbons (Fsp3) is 0.136. The average molecular weight is 374 g/mol. The Bertz CT molecular complexity index is 1280. The van der Waals surface area contributed by atoms with Crippen molar-refractivity contribution < 1.29 is 14.3 Å². The van der Waals surface area contributed by atoms with Gasteiger partial charge in [-0.25, -0.2) is 4.79 Å². The number of aromatic nitrogens is 2. The quantitative estimate of drug-likeness (QED) is 0.420. The van der Waals surface area contributed by atoms with Gasteiger partial charge in [-0.15, -0.1) is 0 Å². The second-order valence-electron chi connectivity index (χ2n) is 6.68. The molecule has 140 valence electrons. The van der Waals surface area contributed by atoms with Crippen molar-refractivity contribution in [3.8, 4) is 0 Å². The molecule has 4 rings (SSSR count). The molecule has 0 amide bonds. The molecular formula is C22H18N2O4. The minimum absolute atomic E-state index is 0.0130. The average Bonchev–Trinajstić information content (AvgIpc) is 3.02.